The van der Waals surface area contributed by atoms with Crippen molar-refractivity contribution in [2.24, 2.45) is 0 Å². The molecule has 0 aliphatic rings. The molecule has 292 valence electrons. The Morgan fingerprint density at radius 3 is 1.26 bits per heavy atom. The molecule has 62 heavy (non-hydrogen) atoms. The number of anilines is 3. The summed E-state index contributed by atoms with van der Waals surface area (Å²) in [7, 11) is 0. The largest absolute Gasteiger partial charge is 0.456 e. The van der Waals surface area contributed by atoms with Gasteiger partial charge in [0.25, 0.3) is 0 Å². The van der Waals surface area contributed by atoms with Crippen LogP contribution >= 0.6 is 0 Å². The zero-order chi connectivity index (χ0) is 41.2. The molecule has 0 fully saturated rings. The third-order valence-electron chi connectivity index (χ3n) is 11.3. The van der Waals surface area contributed by atoms with Crippen molar-refractivity contribution in [2.75, 3.05) is 4.90 Å². The Hall–Kier alpha value is -8.41. The van der Waals surface area contributed by atoms with Gasteiger partial charge in [-0.1, -0.05) is 176 Å². The van der Waals surface area contributed by atoms with Gasteiger partial charge in [0, 0.05) is 44.5 Å². The Labute approximate surface area is 359 Å². The van der Waals surface area contributed by atoms with Crippen LogP contribution in [0.1, 0.15) is 0 Å². The van der Waals surface area contributed by atoms with Crippen molar-refractivity contribution in [3.05, 3.63) is 231 Å². The van der Waals surface area contributed by atoms with E-state index in [4.69, 9.17) is 19.4 Å². The molecule has 0 spiro atoms. The second kappa shape index (κ2) is 16.0. The van der Waals surface area contributed by atoms with Gasteiger partial charge in [-0.25, -0.2) is 15.0 Å². The molecule has 0 aliphatic carbocycles. The molecule has 2 aromatic heterocycles. The Morgan fingerprint density at radius 2 is 0.726 bits per heavy atom. The fourth-order valence-electron chi connectivity index (χ4n) is 8.27. The molecule has 0 bridgehead atoms. The van der Waals surface area contributed by atoms with Crippen LogP contribution in [-0.2, 0) is 0 Å². The topological polar surface area (TPSA) is 55.1 Å². The first-order chi connectivity index (χ1) is 30.7. The van der Waals surface area contributed by atoms with Gasteiger partial charge in [0.1, 0.15) is 11.2 Å². The number of hydrogen-bond donors (Lipinski definition) is 0. The zero-order valence-corrected chi connectivity index (χ0v) is 33.6. The van der Waals surface area contributed by atoms with Crippen LogP contribution in [0.5, 0.6) is 0 Å². The van der Waals surface area contributed by atoms with Gasteiger partial charge < -0.3 is 9.32 Å². The molecule has 0 radical (unpaired) electrons. The third kappa shape index (κ3) is 7.08. The average molecular weight is 795 g/mol. The van der Waals surface area contributed by atoms with Gasteiger partial charge in [-0.2, -0.15) is 0 Å². The highest BCUT2D eigenvalue weighted by molar-refractivity contribution is 6.13. The van der Waals surface area contributed by atoms with Crippen molar-refractivity contribution in [1.29, 1.82) is 0 Å². The summed E-state index contributed by atoms with van der Waals surface area (Å²) < 4.78 is 6.64. The van der Waals surface area contributed by atoms with Crippen LogP contribution < -0.4 is 4.90 Å². The van der Waals surface area contributed by atoms with E-state index in [9.17, 15) is 0 Å². The lowest BCUT2D eigenvalue weighted by atomic mass is 9.98. The highest BCUT2D eigenvalue weighted by Gasteiger charge is 2.19. The normalized spacial score (nSPS) is 11.2. The summed E-state index contributed by atoms with van der Waals surface area (Å²) in [5, 5.41) is 2.08. The molecule has 0 saturated heterocycles. The minimum absolute atomic E-state index is 0.585. The molecule has 5 nitrogen and oxygen atoms in total. The summed E-state index contributed by atoms with van der Waals surface area (Å²) in [6.45, 7) is 0. The van der Waals surface area contributed by atoms with Gasteiger partial charge in [0.05, 0.1) is 0 Å². The van der Waals surface area contributed by atoms with E-state index in [1.54, 1.807) is 0 Å². The number of fused-ring (bicyclic) bond motifs is 3. The second-order valence-corrected chi connectivity index (χ2v) is 15.2. The van der Waals surface area contributed by atoms with Crippen molar-refractivity contribution in [3.8, 4) is 67.5 Å². The van der Waals surface area contributed by atoms with Crippen molar-refractivity contribution >= 4 is 39.0 Å². The molecule has 9 aromatic carbocycles. The van der Waals surface area contributed by atoms with Crippen LogP contribution in [0, 0.1) is 0 Å². The summed E-state index contributed by atoms with van der Waals surface area (Å²) in [5.74, 6) is 1.82. The standard InChI is InChI=1S/C57H38N4O/c1-5-15-39(16-6-1)41-27-32-47(33-28-41)61(48-34-29-42(30-35-48)40-17-7-2-8-18-40)49-24-13-23-45(37-49)50-25-14-26-52-54(50)51-36-31-46(38-53(51)62-52)57-59-55(43-19-9-3-10-20-43)58-56(60-57)44-21-11-4-12-22-44/h1-38H. The molecular formula is C57H38N4O. The van der Waals surface area contributed by atoms with Gasteiger partial charge in [-0.05, 0) is 88.0 Å². The molecule has 0 aliphatic heterocycles. The van der Waals surface area contributed by atoms with Gasteiger partial charge in [-0.15, -0.1) is 0 Å². The Balaban J connectivity index is 0.998. The maximum atomic E-state index is 6.64. The summed E-state index contributed by atoms with van der Waals surface area (Å²) in [6, 6.07) is 80.1. The van der Waals surface area contributed by atoms with Crippen LogP contribution in [0.2, 0.25) is 0 Å². The molecule has 5 heteroatoms. The van der Waals surface area contributed by atoms with Crippen LogP contribution in [0.4, 0.5) is 17.1 Å². The van der Waals surface area contributed by atoms with Gasteiger partial charge in [0.2, 0.25) is 0 Å². The van der Waals surface area contributed by atoms with E-state index in [1.807, 2.05) is 72.8 Å². The van der Waals surface area contributed by atoms with Gasteiger partial charge in [-0.3, -0.25) is 0 Å². The fourth-order valence-corrected chi connectivity index (χ4v) is 8.27. The number of rotatable bonds is 9. The van der Waals surface area contributed by atoms with E-state index in [0.29, 0.717) is 17.5 Å². The first-order valence-corrected chi connectivity index (χ1v) is 20.8. The predicted molar refractivity (Wildman–Crippen MR) is 254 cm³/mol. The highest BCUT2D eigenvalue weighted by atomic mass is 16.3. The van der Waals surface area contributed by atoms with E-state index in [2.05, 4.69) is 163 Å². The smallest absolute Gasteiger partial charge is 0.164 e. The first-order valence-electron chi connectivity index (χ1n) is 20.8. The molecule has 0 N–H and O–H groups in total. The van der Waals surface area contributed by atoms with E-state index < -0.39 is 0 Å². The van der Waals surface area contributed by atoms with Gasteiger partial charge in [0.15, 0.2) is 17.5 Å². The third-order valence-corrected chi connectivity index (χ3v) is 11.3. The van der Waals surface area contributed by atoms with Crippen molar-refractivity contribution in [2.45, 2.75) is 0 Å². The van der Waals surface area contributed by atoms with Crippen molar-refractivity contribution < 1.29 is 4.42 Å². The summed E-state index contributed by atoms with van der Waals surface area (Å²) in [4.78, 5) is 17.2. The van der Waals surface area contributed by atoms with Crippen LogP contribution in [0.25, 0.3) is 89.5 Å². The van der Waals surface area contributed by atoms with Gasteiger partial charge >= 0.3 is 0 Å². The van der Waals surface area contributed by atoms with E-state index in [1.165, 1.54) is 22.3 Å². The number of nitrogens with zero attached hydrogens (tertiary/aromatic N) is 4. The van der Waals surface area contributed by atoms with Crippen LogP contribution in [0.15, 0.2) is 235 Å². The maximum Gasteiger partial charge on any atom is 0.164 e. The summed E-state index contributed by atoms with van der Waals surface area (Å²) in [6.07, 6.45) is 0. The molecule has 11 rings (SSSR count). The molecule has 0 amide bonds. The Bertz CT molecular complexity index is 3170. The fraction of sp³-hybridized carbons (Fsp3) is 0. The van der Waals surface area contributed by atoms with Crippen LogP contribution in [0.3, 0.4) is 0 Å². The van der Waals surface area contributed by atoms with E-state index >= 15 is 0 Å². The molecule has 2 heterocycles. The molecule has 0 atom stereocenters. The first kappa shape index (κ1) is 36.7. The maximum absolute atomic E-state index is 6.64. The Kier molecular flexibility index (Phi) is 9.45. The summed E-state index contributed by atoms with van der Waals surface area (Å²) >= 11 is 0. The molecule has 0 saturated carbocycles. The monoisotopic (exact) mass is 794 g/mol. The Morgan fingerprint density at radius 1 is 0.290 bits per heavy atom. The average Bonchev–Trinajstić information content (AvgIpc) is 3.74. The zero-order valence-electron chi connectivity index (χ0n) is 33.6. The van der Waals surface area contributed by atoms with E-state index in [-0.39, 0.29) is 0 Å². The van der Waals surface area contributed by atoms with E-state index in [0.717, 1.165) is 66.8 Å². The molecule has 0 unspecified atom stereocenters. The predicted octanol–water partition coefficient (Wildman–Crippen LogP) is 15.2. The number of benzene rings is 9. The van der Waals surface area contributed by atoms with Crippen molar-refractivity contribution in [3.63, 3.8) is 0 Å². The highest BCUT2D eigenvalue weighted by Crippen LogP contribution is 2.42. The number of furan rings is 1. The minimum atomic E-state index is 0.585. The number of hydrogen-bond acceptors (Lipinski definition) is 5. The quantitative estimate of drug-likeness (QED) is 0.146. The molecular weight excluding hydrogens is 757 g/mol. The molecule has 11 aromatic rings. The lowest BCUT2D eigenvalue weighted by Gasteiger charge is -2.26. The second-order valence-electron chi connectivity index (χ2n) is 15.2. The summed E-state index contributed by atoms with van der Waals surface area (Å²) in [5.41, 5.74) is 14.4. The van der Waals surface area contributed by atoms with Crippen molar-refractivity contribution in [1.82, 2.24) is 15.0 Å². The SMILES string of the molecule is c1ccc(-c2ccc(N(c3ccc(-c4ccccc4)cc3)c3cccc(-c4cccc5oc6cc(-c7nc(-c8ccccc8)nc(-c8ccccc8)n7)ccc6c45)c3)cc2)cc1. The lowest BCUT2D eigenvalue weighted by Crippen LogP contribution is -2.10. The lowest BCUT2D eigenvalue weighted by molar-refractivity contribution is 0.669. The minimum Gasteiger partial charge on any atom is -0.456 e. The number of aromatic nitrogens is 3. The van der Waals surface area contributed by atoms with Crippen LogP contribution in [-0.4, -0.2) is 15.0 Å².